The number of benzene rings is 2. The number of halogens is 1. The molecule has 1 amide bonds. The molecule has 24 heavy (non-hydrogen) atoms. The number of carbonyl (C=O) groups excluding carboxylic acids is 1. The van der Waals surface area contributed by atoms with Gasteiger partial charge in [-0.1, -0.05) is 6.07 Å². The van der Waals surface area contributed by atoms with Crippen molar-refractivity contribution in [1.82, 2.24) is 0 Å². The van der Waals surface area contributed by atoms with Gasteiger partial charge >= 0.3 is 0 Å². The first-order valence-corrected chi connectivity index (χ1v) is 8.97. The molecular formula is C17H19FN2O3S. The second-order valence-corrected chi connectivity index (χ2v) is 7.55. The van der Waals surface area contributed by atoms with Crippen LogP contribution in [-0.4, -0.2) is 34.2 Å². The van der Waals surface area contributed by atoms with Crippen LogP contribution in [0.4, 0.5) is 15.8 Å². The molecule has 0 saturated heterocycles. The van der Waals surface area contributed by atoms with Gasteiger partial charge in [0.05, 0.1) is 11.4 Å². The molecule has 0 aliphatic rings. The number of rotatable bonds is 5. The van der Waals surface area contributed by atoms with Crippen molar-refractivity contribution in [3.63, 3.8) is 0 Å². The van der Waals surface area contributed by atoms with Gasteiger partial charge in [0, 0.05) is 25.3 Å². The zero-order valence-corrected chi connectivity index (χ0v) is 14.5. The molecule has 0 fully saturated rings. The van der Waals surface area contributed by atoms with E-state index in [0.717, 1.165) is 4.31 Å². The molecule has 0 heterocycles. The van der Waals surface area contributed by atoms with Crippen molar-refractivity contribution >= 4 is 27.3 Å². The molecule has 7 heteroatoms. The first kappa shape index (κ1) is 17.9. The lowest BCUT2D eigenvalue weighted by atomic mass is 10.1. The summed E-state index contributed by atoms with van der Waals surface area (Å²) in [4.78, 5) is 14.0. The molecule has 5 nitrogen and oxygen atoms in total. The smallest absolute Gasteiger partial charge is 0.258 e. The van der Waals surface area contributed by atoms with Crippen molar-refractivity contribution in [2.75, 3.05) is 29.1 Å². The summed E-state index contributed by atoms with van der Waals surface area (Å²) in [5.74, 6) is -0.726. The summed E-state index contributed by atoms with van der Waals surface area (Å²) in [7, 11) is -0.375. The lowest BCUT2D eigenvalue weighted by molar-refractivity contribution is 0.0993. The van der Waals surface area contributed by atoms with Gasteiger partial charge in [0.2, 0.25) is 10.0 Å². The number of hydrogen-bond acceptors (Lipinski definition) is 3. The van der Waals surface area contributed by atoms with E-state index in [2.05, 4.69) is 0 Å². The first-order valence-electron chi connectivity index (χ1n) is 7.36. The van der Waals surface area contributed by atoms with E-state index in [4.69, 9.17) is 0 Å². The standard InChI is InChI=1S/C17H19FN2O3S/c1-4-24(22,23)20(3)16-7-5-6-13(12-16)17(21)19(2)15-10-8-14(18)9-11-15/h5-12H,4H2,1-3H3. The molecule has 0 atom stereocenters. The van der Waals surface area contributed by atoms with Crippen molar-refractivity contribution < 1.29 is 17.6 Å². The van der Waals surface area contributed by atoms with Gasteiger partial charge in [-0.25, -0.2) is 12.8 Å². The summed E-state index contributed by atoms with van der Waals surface area (Å²) >= 11 is 0. The van der Waals surface area contributed by atoms with Gasteiger partial charge in [-0.15, -0.1) is 0 Å². The summed E-state index contributed by atoms with van der Waals surface area (Å²) in [6.07, 6.45) is 0. The minimum atomic E-state index is -3.40. The highest BCUT2D eigenvalue weighted by molar-refractivity contribution is 7.92. The van der Waals surface area contributed by atoms with Crippen molar-refractivity contribution in [3.8, 4) is 0 Å². The van der Waals surface area contributed by atoms with Crippen LogP contribution in [0.1, 0.15) is 17.3 Å². The van der Waals surface area contributed by atoms with Crippen LogP contribution in [0, 0.1) is 5.82 Å². The predicted octanol–water partition coefficient (Wildman–Crippen LogP) is 2.89. The molecule has 0 bridgehead atoms. The zero-order chi connectivity index (χ0) is 17.9. The number of sulfonamides is 1. The third kappa shape index (κ3) is 3.73. The van der Waals surface area contributed by atoms with Crippen LogP contribution in [-0.2, 0) is 10.0 Å². The molecule has 2 rings (SSSR count). The molecule has 0 aliphatic carbocycles. The lowest BCUT2D eigenvalue weighted by Crippen LogP contribution is -2.29. The SMILES string of the molecule is CCS(=O)(=O)N(C)c1cccc(C(=O)N(C)c2ccc(F)cc2)c1. The highest BCUT2D eigenvalue weighted by Crippen LogP contribution is 2.21. The minimum absolute atomic E-state index is 0.0306. The summed E-state index contributed by atoms with van der Waals surface area (Å²) in [5.41, 5.74) is 1.30. The van der Waals surface area contributed by atoms with E-state index in [9.17, 15) is 17.6 Å². The largest absolute Gasteiger partial charge is 0.311 e. The van der Waals surface area contributed by atoms with Crippen molar-refractivity contribution in [2.24, 2.45) is 0 Å². The Morgan fingerprint density at radius 2 is 1.67 bits per heavy atom. The van der Waals surface area contributed by atoms with Gasteiger partial charge in [-0.05, 0) is 49.4 Å². The monoisotopic (exact) mass is 350 g/mol. The Morgan fingerprint density at radius 3 is 2.25 bits per heavy atom. The number of nitrogens with zero attached hydrogens (tertiary/aromatic N) is 2. The minimum Gasteiger partial charge on any atom is -0.311 e. The number of carbonyl (C=O) groups is 1. The van der Waals surface area contributed by atoms with E-state index in [1.807, 2.05) is 0 Å². The second-order valence-electron chi connectivity index (χ2n) is 5.26. The molecule has 0 aromatic heterocycles. The second kappa shape index (κ2) is 7.00. The van der Waals surface area contributed by atoms with Gasteiger partial charge in [0.15, 0.2) is 0 Å². The fraction of sp³-hybridized carbons (Fsp3) is 0.235. The van der Waals surface area contributed by atoms with Crippen LogP contribution in [0.5, 0.6) is 0 Å². The van der Waals surface area contributed by atoms with E-state index in [-0.39, 0.29) is 17.5 Å². The van der Waals surface area contributed by atoms with Crippen LogP contribution >= 0.6 is 0 Å². The molecule has 128 valence electrons. The van der Waals surface area contributed by atoms with Crippen LogP contribution in [0.15, 0.2) is 48.5 Å². The van der Waals surface area contributed by atoms with Crippen LogP contribution < -0.4 is 9.21 Å². The van der Waals surface area contributed by atoms with E-state index in [0.29, 0.717) is 16.9 Å². The lowest BCUT2D eigenvalue weighted by Gasteiger charge is -2.21. The van der Waals surface area contributed by atoms with E-state index in [1.165, 1.54) is 42.3 Å². The Labute approximate surface area is 141 Å². The highest BCUT2D eigenvalue weighted by Gasteiger charge is 2.19. The summed E-state index contributed by atoms with van der Waals surface area (Å²) in [6.45, 7) is 1.56. The van der Waals surface area contributed by atoms with E-state index >= 15 is 0 Å². The molecule has 0 aliphatic heterocycles. The maximum absolute atomic E-state index is 13.0. The van der Waals surface area contributed by atoms with E-state index < -0.39 is 10.0 Å². The van der Waals surface area contributed by atoms with Crippen molar-refractivity contribution in [2.45, 2.75) is 6.92 Å². The fourth-order valence-corrected chi connectivity index (χ4v) is 2.99. The van der Waals surface area contributed by atoms with E-state index in [1.54, 1.807) is 32.2 Å². The average molecular weight is 350 g/mol. The molecule has 2 aromatic rings. The molecule has 0 radical (unpaired) electrons. The molecule has 0 N–H and O–H groups in total. The van der Waals surface area contributed by atoms with Crippen LogP contribution in [0.2, 0.25) is 0 Å². The summed E-state index contributed by atoms with van der Waals surface area (Å²) < 4.78 is 38.1. The van der Waals surface area contributed by atoms with Gasteiger partial charge in [-0.3, -0.25) is 9.10 Å². The maximum Gasteiger partial charge on any atom is 0.258 e. The third-order valence-corrected chi connectivity index (χ3v) is 5.53. The predicted molar refractivity (Wildman–Crippen MR) is 93.4 cm³/mol. The average Bonchev–Trinajstić information content (AvgIpc) is 2.60. The zero-order valence-electron chi connectivity index (χ0n) is 13.7. The van der Waals surface area contributed by atoms with Gasteiger partial charge < -0.3 is 4.90 Å². The van der Waals surface area contributed by atoms with Crippen LogP contribution in [0.3, 0.4) is 0 Å². The molecule has 0 unspecified atom stereocenters. The Bertz CT molecular complexity index is 835. The molecule has 0 spiro atoms. The van der Waals surface area contributed by atoms with Gasteiger partial charge in [0.25, 0.3) is 5.91 Å². The number of hydrogen-bond donors (Lipinski definition) is 0. The maximum atomic E-state index is 13.0. The Balaban J connectivity index is 2.30. The molecular weight excluding hydrogens is 331 g/mol. The van der Waals surface area contributed by atoms with Gasteiger partial charge in [0.1, 0.15) is 5.82 Å². The summed E-state index contributed by atoms with van der Waals surface area (Å²) in [5, 5.41) is 0. The molecule has 0 saturated carbocycles. The molecule has 2 aromatic carbocycles. The Hall–Kier alpha value is -2.41. The number of anilines is 2. The topological polar surface area (TPSA) is 57.7 Å². The quantitative estimate of drug-likeness (QED) is 0.833. The summed E-state index contributed by atoms with van der Waals surface area (Å²) in [6, 6.07) is 11.9. The third-order valence-electron chi connectivity index (χ3n) is 3.76. The van der Waals surface area contributed by atoms with Crippen molar-refractivity contribution in [1.29, 1.82) is 0 Å². The first-order chi connectivity index (χ1) is 11.3. The number of amides is 1. The Morgan fingerprint density at radius 1 is 1.04 bits per heavy atom. The van der Waals surface area contributed by atoms with Gasteiger partial charge in [-0.2, -0.15) is 0 Å². The fourth-order valence-electron chi connectivity index (χ4n) is 2.16. The van der Waals surface area contributed by atoms with Crippen molar-refractivity contribution in [3.05, 3.63) is 59.9 Å². The highest BCUT2D eigenvalue weighted by atomic mass is 32.2. The Kier molecular flexibility index (Phi) is 5.23. The normalized spacial score (nSPS) is 11.2. The van der Waals surface area contributed by atoms with Crippen LogP contribution in [0.25, 0.3) is 0 Å².